The van der Waals surface area contributed by atoms with Gasteiger partial charge in [0.2, 0.25) is 0 Å². The van der Waals surface area contributed by atoms with Gasteiger partial charge in [-0.3, -0.25) is 0 Å². The summed E-state index contributed by atoms with van der Waals surface area (Å²) in [4.78, 5) is 2.59. The quantitative estimate of drug-likeness (QED) is 0.811. The Hall–Kier alpha value is -0.860. The van der Waals surface area contributed by atoms with Gasteiger partial charge >= 0.3 is 0 Å². The molecule has 2 atom stereocenters. The third kappa shape index (κ3) is 2.93. The molecule has 2 heterocycles. The third-order valence-corrected chi connectivity index (χ3v) is 4.28. The van der Waals surface area contributed by atoms with Crippen molar-refractivity contribution in [3.8, 4) is 0 Å². The number of hydrogen-bond donors (Lipinski definition) is 0. The fourth-order valence-electron chi connectivity index (χ4n) is 3.24. The lowest BCUT2D eigenvalue weighted by atomic mass is 9.99. The molecule has 0 amide bonds. The van der Waals surface area contributed by atoms with Crippen molar-refractivity contribution in [3.05, 3.63) is 35.9 Å². The lowest BCUT2D eigenvalue weighted by Gasteiger charge is -2.27. The van der Waals surface area contributed by atoms with Crippen LogP contribution in [-0.4, -0.2) is 37.2 Å². The molecule has 0 unspecified atom stereocenters. The Bertz CT molecular complexity index is 359. The number of ether oxygens (including phenoxy) is 1. The van der Waals surface area contributed by atoms with E-state index in [0.29, 0.717) is 6.10 Å². The Labute approximate surface area is 110 Å². The highest BCUT2D eigenvalue weighted by atomic mass is 16.5. The molecule has 1 aromatic rings. The molecular weight excluding hydrogens is 222 g/mol. The lowest BCUT2D eigenvalue weighted by molar-refractivity contribution is -0.00201. The van der Waals surface area contributed by atoms with Gasteiger partial charge in [0.1, 0.15) is 0 Å². The fraction of sp³-hybridized carbons (Fsp3) is 0.625. The van der Waals surface area contributed by atoms with Crippen LogP contribution in [0.1, 0.15) is 37.2 Å². The number of rotatable bonds is 3. The first kappa shape index (κ1) is 12.2. The zero-order valence-corrected chi connectivity index (χ0v) is 11.1. The molecule has 18 heavy (non-hydrogen) atoms. The van der Waals surface area contributed by atoms with Crippen LogP contribution in [0.5, 0.6) is 0 Å². The van der Waals surface area contributed by atoms with Gasteiger partial charge in [-0.1, -0.05) is 30.3 Å². The van der Waals surface area contributed by atoms with Crippen molar-refractivity contribution in [1.82, 2.24) is 4.90 Å². The summed E-state index contributed by atoms with van der Waals surface area (Å²) in [7, 11) is 0. The van der Waals surface area contributed by atoms with Gasteiger partial charge in [-0.2, -0.15) is 0 Å². The van der Waals surface area contributed by atoms with Crippen LogP contribution < -0.4 is 0 Å². The van der Waals surface area contributed by atoms with E-state index in [9.17, 15) is 0 Å². The number of nitrogens with zero attached hydrogens (tertiary/aromatic N) is 1. The molecule has 98 valence electrons. The Kier molecular flexibility index (Phi) is 3.96. The maximum absolute atomic E-state index is 5.84. The van der Waals surface area contributed by atoms with Crippen molar-refractivity contribution >= 4 is 0 Å². The van der Waals surface area contributed by atoms with Crippen LogP contribution in [0, 0.1) is 0 Å². The Morgan fingerprint density at radius 3 is 2.78 bits per heavy atom. The predicted molar refractivity (Wildman–Crippen MR) is 73.8 cm³/mol. The molecule has 2 saturated heterocycles. The highest BCUT2D eigenvalue weighted by Gasteiger charge is 2.26. The van der Waals surface area contributed by atoms with E-state index >= 15 is 0 Å². The molecule has 2 nitrogen and oxygen atoms in total. The second kappa shape index (κ2) is 5.85. The Morgan fingerprint density at radius 1 is 1.11 bits per heavy atom. The molecule has 3 rings (SSSR count). The van der Waals surface area contributed by atoms with E-state index in [1.165, 1.54) is 44.3 Å². The maximum Gasteiger partial charge on any atom is 0.0702 e. The average molecular weight is 245 g/mol. The first-order valence-electron chi connectivity index (χ1n) is 7.31. The van der Waals surface area contributed by atoms with Crippen molar-refractivity contribution < 1.29 is 4.74 Å². The monoisotopic (exact) mass is 245 g/mol. The zero-order chi connectivity index (χ0) is 12.2. The van der Waals surface area contributed by atoms with Gasteiger partial charge in [-0.15, -0.1) is 0 Å². The first-order chi connectivity index (χ1) is 8.92. The van der Waals surface area contributed by atoms with Crippen LogP contribution in [0.15, 0.2) is 30.3 Å². The van der Waals surface area contributed by atoms with E-state index in [0.717, 1.165) is 19.1 Å². The van der Waals surface area contributed by atoms with E-state index < -0.39 is 0 Å². The van der Waals surface area contributed by atoms with Gasteiger partial charge in [0.15, 0.2) is 0 Å². The second-order valence-corrected chi connectivity index (χ2v) is 5.64. The fourth-order valence-corrected chi connectivity index (χ4v) is 3.24. The van der Waals surface area contributed by atoms with Crippen molar-refractivity contribution in [2.75, 3.05) is 26.2 Å². The smallest absolute Gasteiger partial charge is 0.0702 e. The van der Waals surface area contributed by atoms with Crippen molar-refractivity contribution in [1.29, 1.82) is 0 Å². The maximum atomic E-state index is 5.84. The minimum absolute atomic E-state index is 0.494. The molecule has 0 aliphatic carbocycles. The number of likely N-dealkylation sites (tertiary alicyclic amines) is 1. The molecular formula is C16H23NO. The molecule has 2 aliphatic rings. The van der Waals surface area contributed by atoms with Crippen molar-refractivity contribution in [2.45, 2.75) is 37.7 Å². The van der Waals surface area contributed by atoms with Gasteiger partial charge in [-0.05, 0) is 43.7 Å². The molecule has 0 spiro atoms. The summed E-state index contributed by atoms with van der Waals surface area (Å²) in [5, 5.41) is 0. The molecule has 0 N–H and O–H groups in total. The van der Waals surface area contributed by atoms with Crippen LogP contribution in [0.2, 0.25) is 0 Å². The third-order valence-electron chi connectivity index (χ3n) is 4.28. The highest BCUT2D eigenvalue weighted by molar-refractivity contribution is 5.21. The largest absolute Gasteiger partial charge is 0.377 e. The molecule has 0 aromatic heterocycles. The van der Waals surface area contributed by atoms with Crippen LogP contribution in [-0.2, 0) is 4.74 Å². The molecule has 2 fully saturated rings. The number of benzene rings is 1. The van der Waals surface area contributed by atoms with Crippen LogP contribution >= 0.6 is 0 Å². The summed E-state index contributed by atoms with van der Waals surface area (Å²) in [5.74, 6) is 0.731. The topological polar surface area (TPSA) is 12.5 Å². The average Bonchev–Trinajstić information content (AvgIpc) is 2.89. The highest BCUT2D eigenvalue weighted by Crippen LogP contribution is 2.27. The van der Waals surface area contributed by atoms with Crippen molar-refractivity contribution in [3.63, 3.8) is 0 Å². The Morgan fingerprint density at radius 2 is 2.00 bits per heavy atom. The zero-order valence-electron chi connectivity index (χ0n) is 11.1. The Balaban J connectivity index is 1.52. The summed E-state index contributed by atoms with van der Waals surface area (Å²) < 4.78 is 5.84. The van der Waals surface area contributed by atoms with Crippen LogP contribution in [0.3, 0.4) is 0 Å². The minimum Gasteiger partial charge on any atom is -0.377 e. The van der Waals surface area contributed by atoms with E-state index in [-0.39, 0.29) is 0 Å². The molecule has 2 heteroatoms. The predicted octanol–water partition coefficient (Wildman–Crippen LogP) is 3.05. The summed E-state index contributed by atoms with van der Waals surface area (Å²) in [6.45, 7) is 4.56. The van der Waals surface area contributed by atoms with Crippen LogP contribution in [0.25, 0.3) is 0 Å². The molecule has 0 radical (unpaired) electrons. The molecule has 0 saturated carbocycles. The van der Waals surface area contributed by atoms with E-state index in [4.69, 9.17) is 4.74 Å². The van der Waals surface area contributed by atoms with E-state index in [2.05, 4.69) is 35.2 Å². The number of hydrogen-bond acceptors (Lipinski definition) is 2. The standard InChI is InChI=1S/C16H23NO/c1-2-6-14(7-3-1)15-9-10-17(12-15)13-16-8-4-5-11-18-16/h1-3,6-7,15-16H,4-5,8-13H2/t15-,16-/m0/s1. The first-order valence-corrected chi connectivity index (χ1v) is 7.31. The van der Waals surface area contributed by atoms with Gasteiger partial charge < -0.3 is 9.64 Å². The molecule has 1 aromatic carbocycles. The molecule has 0 bridgehead atoms. The minimum atomic E-state index is 0.494. The summed E-state index contributed by atoms with van der Waals surface area (Å²) in [5.41, 5.74) is 1.50. The normalized spacial score (nSPS) is 29.6. The van der Waals surface area contributed by atoms with Gasteiger partial charge in [0.25, 0.3) is 0 Å². The van der Waals surface area contributed by atoms with Crippen LogP contribution in [0.4, 0.5) is 0 Å². The molecule has 2 aliphatic heterocycles. The van der Waals surface area contributed by atoms with E-state index in [1.807, 2.05) is 0 Å². The van der Waals surface area contributed by atoms with Crippen molar-refractivity contribution in [2.24, 2.45) is 0 Å². The SMILES string of the molecule is c1ccc([C@H]2CCN(C[C@@H]3CCCCO3)C2)cc1. The van der Waals surface area contributed by atoms with Gasteiger partial charge in [0.05, 0.1) is 6.10 Å². The van der Waals surface area contributed by atoms with E-state index in [1.54, 1.807) is 0 Å². The summed E-state index contributed by atoms with van der Waals surface area (Å²) in [6.07, 6.45) is 5.65. The second-order valence-electron chi connectivity index (χ2n) is 5.64. The summed E-state index contributed by atoms with van der Waals surface area (Å²) in [6, 6.07) is 11.0. The summed E-state index contributed by atoms with van der Waals surface area (Å²) >= 11 is 0. The van der Waals surface area contributed by atoms with Gasteiger partial charge in [0, 0.05) is 19.7 Å². The van der Waals surface area contributed by atoms with Gasteiger partial charge in [-0.25, -0.2) is 0 Å². The lowest BCUT2D eigenvalue weighted by Crippen LogP contribution is -2.34.